The third-order valence-electron chi connectivity index (χ3n) is 6.88. The van der Waals surface area contributed by atoms with Gasteiger partial charge in [-0.25, -0.2) is 9.78 Å². The molecule has 9 nitrogen and oxygen atoms in total. The van der Waals surface area contributed by atoms with Gasteiger partial charge in [0.05, 0.1) is 5.52 Å². The first-order valence-electron chi connectivity index (χ1n) is 13.8. The number of carbonyl (C=O) groups is 1. The largest absolute Gasteiger partial charge is 0.444 e. The molecule has 4 rings (SSSR count). The molecule has 1 fully saturated rings. The Balaban J connectivity index is 1.39. The lowest BCUT2D eigenvalue weighted by atomic mass is 10.0. The summed E-state index contributed by atoms with van der Waals surface area (Å²) in [7, 11) is 0. The third-order valence-corrected chi connectivity index (χ3v) is 6.88. The number of aromatic nitrogens is 3. The number of fused-ring (bicyclic) bond motifs is 1. The van der Waals surface area contributed by atoms with Crippen LogP contribution < -0.4 is 11.1 Å². The van der Waals surface area contributed by atoms with Crippen LogP contribution >= 0.6 is 0 Å². The van der Waals surface area contributed by atoms with Gasteiger partial charge in [-0.05, 0) is 56.9 Å². The zero-order valence-corrected chi connectivity index (χ0v) is 23.6. The predicted molar refractivity (Wildman–Crippen MR) is 153 cm³/mol. The van der Waals surface area contributed by atoms with Crippen molar-refractivity contribution in [2.24, 2.45) is 0 Å². The normalized spacial score (nSPS) is 14.7. The molecule has 3 N–H and O–H groups in total. The number of ether oxygens (including phenoxy) is 1. The minimum absolute atomic E-state index is 0.220. The molecule has 0 bridgehead atoms. The first kappa shape index (κ1) is 27.7. The van der Waals surface area contributed by atoms with E-state index in [4.69, 9.17) is 10.5 Å². The van der Waals surface area contributed by atoms with Crippen molar-refractivity contribution < 1.29 is 9.53 Å². The molecule has 2 aromatic heterocycles. The molecule has 1 aromatic carbocycles. The number of benzene rings is 1. The molecular weight excluding hydrogens is 478 g/mol. The average Bonchev–Trinajstić information content (AvgIpc) is 3.25. The van der Waals surface area contributed by atoms with E-state index in [0.29, 0.717) is 19.0 Å². The Morgan fingerprint density at radius 3 is 2.53 bits per heavy atom. The highest BCUT2D eigenvalue weighted by Crippen LogP contribution is 2.25. The SMILES string of the molecule is CCCCCNc1nc(N)nc2ccn(Cc3ccc(CN4CCN(C(=O)OC(C)(C)C)CC4)cc3C)c12. The van der Waals surface area contributed by atoms with Crippen molar-refractivity contribution in [3.8, 4) is 0 Å². The number of carbonyl (C=O) groups excluding carboxylic acids is 1. The lowest BCUT2D eigenvalue weighted by molar-refractivity contribution is 0.0139. The molecule has 1 amide bonds. The summed E-state index contributed by atoms with van der Waals surface area (Å²) in [6.45, 7) is 15.6. The number of nitrogen functional groups attached to an aromatic ring is 1. The molecule has 206 valence electrons. The Morgan fingerprint density at radius 1 is 1.08 bits per heavy atom. The first-order chi connectivity index (χ1) is 18.1. The van der Waals surface area contributed by atoms with Crippen LogP contribution in [-0.2, 0) is 17.8 Å². The van der Waals surface area contributed by atoms with Gasteiger partial charge in [-0.15, -0.1) is 0 Å². The predicted octanol–water partition coefficient (Wildman–Crippen LogP) is 5.03. The zero-order chi connectivity index (χ0) is 27.3. The Bertz CT molecular complexity index is 1240. The van der Waals surface area contributed by atoms with E-state index in [1.54, 1.807) is 0 Å². The molecule has 0 aliphatic carbocycles. The zero-order valence-electron chi connectivity index (χ0n) is 23.6. The van der Waals surface area contributed by atoms with Crippen molar-refractivity contribution >= 4 is 28.9 Å². The van der Waals surface area contributed by atoms with E-state index >= 15 is 0 Å². The standard InChI is InChI=1S/C29H43N7O2/c1-6-7-8-12-31-26-25-24(32-27(30)33-26)11-13-36(25)20-23-10-9-22(18-21(23)2)19-34-14-16-35(17-15-34)28(37)38-29(3,4)5/h9-11,13,18H,6-8,12,14-17,19-20H2,1-5H3,(H3,30,31,32,33). The van der Waals surface area contributed by atoms with E-state index in [9.17, 15) is 4.79 Å². The van der Waals surface area contributed by atoms with E-state index in [0.717, 1.165) is 56.0 Å². The molecule has 3 aromatic rings. The maximum Gasteiger partial charge on any atom is 0.410 e. The van der Waals surface area contributed by atoms with Crippen LogP contribution in [0.25, 0.3) is 11.0 Å². The summed E-state index contributed by atoms with van der Waals surface area (Å²) in [6, 6.07) is 8.72. The maximum absolute atomic E-state index is 12.4. The monoisotopic (exact) mass is 521 g/mol. The number of piperazine rings is 1. The molecule has 3 heterocycles. The number of rotatable bonds is 9. The Kier molecular flexibility index (Phi) is 8.76. The average molecular weight is 522 g/mol. The van der Waals surface area contributed by atoms with Crippen LogP contribution in [0.3, 0.4) is 0 Å². The highest BCUT2D eigenvalue weighted by Gasteiger charge is 2.26. The van der Waals surface area contributed by atoms with E-state index in [-0.39, 0.29) is 6.09 Å². The molecule has 38 heavy (non-hydrogen) atoms. The lowest BCUT2D eigenvalue weighted by Crippen LogP contribution is -2.49. The number of nitrogens with zero attached hydrogens (tertiary/aromatic N) is 5. The highest BCUT2D eigenvalue weighted by molar-refractivity contribution is 5.87. The highest BCUT2D eigenvalue weighted by atomic mass is 16.6. The number of hydrogen-bond donors (Lipinski definition) is 2. The summed E-state index contributed by atoms with van der Waals surface area (Å²) in [5.41, 5.74) is 11.2. The smallest absolute Gasteiger partial charge is 0.410 e. The Labute approximate surface area is 226 Å². The van der Waals surface area contributed by atoms with E-state index < -0.39 is 5.60 Å². The van der Waals surface area contributed by atoms with Gasteiger partial charge >= 0.3 is 6.09 Å². The minimum atomic E-state index is -0.465. The van der Waals surface area contributed by atoms with Crippen molar-refractivity contribution in [1.29, 1.82) is 0 Å². The summed E-state index contributed by atoms with van der Waals surface area (Å²) in [5.74, 6) is 1.09. The quantitative estimate of drug-likeness (QED) is 0.381. The second-order valence-corrected chi connectivity index (χ2v) is 11.2. The van der Waals surface area contributed by atoms with Gasteiger partial charge in [0.1, 0.15) is 11.1 Å². The number of amides is 1. The molecule has 1 saturated heterocycles. The fourth-order valence-electron chi connectivity index (χ4n) is 4.85. The third kappa shape index (κ3) is 7.16. The van der Waals surface area contributed by atoms with Gasteiger partial charge in [-0.3, -0.25) is 4.90 Å². The van der Waals surface area contributed by atoms with Gasteiger partial charge in [0.25, 0.3) is 0 Å². The number of unbranched alkanes of at least 4 members (excludes halogenated alkanes) is 2. The number of anilines is 2. The molecule has 1 aliphatic heterocycles. The summed E-state index contributed by atoms with van der Waals surface area (Å²) in [4.78, 5) is 25.5. The van der Waals surface area contributed by atoms with Crippen LogP contribution in [-0.4, -0.2) is 68.8 Å². The van der Waals surface area contributed by atoms with Gasteiger partial charge < -0.3 is 25.3 Å². The van der Waals surface area contributed by atoms with Gasteiger partial charge in [-0.2, -0.15) is 4.98 Å². The number of nitrogens with one attached hydrogen (secondary N) is 1. The second-order valence-electron chi connectivity index (χ2n) is 11.2. The van der Waals surface area contributed by atoms with Crippen LogP contribution in [0.4, 0.5) is 16.6 Å². The van der Waals surface area contributed by atoms with Crippen molar-refractivity contribution in [3.05, 3.63) is 47.2 Å². The molecule has 9 heteroatoms. The molecule has 0 radical (unpaired) electrons. The van der Waals surface area contributed by atoms with Crippen LogP contribution in [0.2, 0.25) is 0 Å². The summed E-state index contributed by atoms with van der Waals surface area (Å²) in [5, 5.41) is 3.48. The van der Waals surface area contributed by atoms with Crippen molar-refractivity contribution in [3.63, 3.8) is 0 Å². The van der Waals surface area contributed by atoms with Crippen LogP contribution in [0.15, 0.2) is 30.5 Å². The number of nitrogens with two attached hydrogens (primary N) is 1. The van der Waals surface area contributed by atoms with Crippen molar-refractivity contribution in [1.82, 2.24) is 24.3 Å². The minimum Gasteiger partial charge on any atom is -0.444 e. The fraction of sp³-hybridized carbons (Fsp3) is 0.552. The van der Waals surface area contributed by atoms with Crippen molar-refractivity contribution in [2.45, 2.75) is 72.6 Å². The fourth-order valence-corrected chi connectivity index (χ4v) is 4.85. The van der Waals surface area contributed by atoms with Gasteiger partial charge in [0.2, 0.25) is 5.95 Å². The van der Waals surface area contributed by atoms with Gasteiger partial charge in [0, 0.05) is 52.0 Å². The van der Waals surface area contributed by atoms with Gasteiger partial charge in [0.15, 0.2) is 5.82 Å². The summed E-state index contributed by atoms with van der Waals surface area (Å²) in [6.07, 6.45) is 5.30. The molecular formula is C29H43N7O2. The van der Waals surface area contributed by atoms with Crippen LogP contribution in [0.1, 0.15) is 63.6 Å². The van der Waals surface area contributed by atoms with Crippen molar-refractivity contribution in [2.75, 3.05) is 43.8 Å². The van der Waals surface area contributed by atoms with Gasteiger partial charge in [-0.1, -0.05) is 38.0 Å². The van der Waals surface area contributed by atoms with Crippen LogP contribution in [0, 0.1) is 6.92 Å². The topological polar surface area (TPSA) is 102 Å². The molecule has 0 saturated carbocycles. The van der Waals surface area contributed by atoms with E-state index in [1.807, 2.05) is 31.7 Å². The second kappa shape index (κ2) is 12.0. The number of aryl methyl sites for hydroxylation is 1. The lowest BCUT2D eigenvalue weighted by Gasteiger charge is -2.35. The van der Waals surface area contributed by atoms with E-state index in [1.165, 1.54) is 29.5 Å². The molecule has 1 aliphatic rings. The summed E-state index contributed by atoms with van der Waals surface area (Å²) >= 11 is 0. The molecule has 0 unspecified atom stereocenters. The summed E-state index contributed by atoms with van der Waals surface area (Å²) < 4.78 is 7.72. The maximum atomic E-state index is 12.4. The molecule has 0 atom stereocenters. The van der Waals surface area contributed by atoms with Crippen LogP contribution in [0.5, 0.6) is 0 Å². The number of hydrogen-bond acceptors (Lipinski definition) is 7. The Hall–Kier alpha value is -3.33. The van der Waals surface area contributed by atoms with E-state index in [2.05, 4.69) is 63.0 Å². The Morgan fingerprint density at radius 2 is 1.84 bits per heavy atom. The molecule has 0 spiro atoms. The first-order valence-corrected chi connectivity index (χ1v) is 13.8.